The van der Waals surface area contributed by atoms with Gasteiger partial charge in [0.2, 0.25) is 0 Å². The van der Waals surface area contributed by atoms with E-state index >= 15 is 0 Å². The minimum atomic E-state index is -0.738. The molecule has 0 saturated heterocycles. The molecule has 88 valence electrons. The minimum Gasteiger partial charge on any atom is -0.398 e. The summed E-state index contributed by atoms with van der Waals surface area (Å²) >= 11 is 0. The molecule has 0 atom stereocenters. The van der Waals surface area contributed by atoms with Crippen molar-refractivity contribution in [2.45, 2.75) is 19.4 Å². The fourth-order valence-electron chi connectivity index (χ4n) is 1.15. The fraction of sp³-hybridized carbons (Fsp3) is 0.364. The van der Waals surface area contributed by atoms with Gasteiger partial charge in [0.1, 0.15) is 5.82 Å². The number of benzene rings is 1. The normalized spacial score (nSPS) is 11.2. The number of nitrogens with two attached hydrogens (primary N) is 1. The maximum atomic E-state index is 12.8. The third-order valence-corrected chi connectivity index (χ3v) is 2.11. The van der Waals surface area contributed by atoms with E-state index in [1.807, 2.05) is 0 Å². The molecule has 1 aromatic carbocycles. The first-order valence-corrected chi connectivity index (χ1v) is 4.84. The molecule has 4 N–H and O–H groups in total. The van der Waals surface area contributed by atoms with Crippen LogP contribution in [0.3, 0.4) is 0 Å². The highest BCUT2D eigenvalue weighted by Gasteiger charge is 2.21. The van der Waals surface area contributed by atoms with Crippen LogP contribution in [0, 0.1) is 5.82 Å². The Bertz CT molecular complexity index is 405. The van der Waals surface area contributed by atoms with Crippen LogP contribution >= 0.6 is 0 Å². The van der Waals surface area contributed by atoms with Crippen molar-refractivity contribution >= 4 is 11.6 Å². The number of carbonyl (C=O) groups excluding carboxylic acids is 1. The molecule has 16 heavy (non-hydrogen) atoms. The number of aliphatic hydroxyl groups excluding tert-OH is 1. The van der Waals surface area contributed by atoms with Crippen LogP contribution in [0.5, 0.6) is 0 Å². The maximum Gasteiger partial charge on any atom is 0.253 e. The van der Waals surface area contributed by atoms with Crippen LogP contribution in [0.25, 0.3) is 0 Å². The molecule has 0 saturated carbocycles. The Morgan fingerprint density at radius 2 is 2.19 bits per heavy atom. The lowest BCUT2D eigenvalue weighted by Crippen LogP contribution is -2.46. The molecule has 0 radical (unpaired) electrons. The molecule has 5 heteroatoms. The molecule has 0 aliphatic heterocycles. The summed E-state index contributed by atoms with van der Waals surface area (Å²) in [6.07, 6.45) is 0. The van der Waals surface area contributed by atoms with E-state index in [9.17, 15) is 9.18 Å². The van der Waals surface area contributed by atoms with Gasteiger partial charge in [0, 0.05) is 5.69 Å². The third-order valence-electron chi connectivity index (χ3n) is 2.11. The summed E-state index contributed by atoms with van der Waals surface area (Å²) in [6, 6.07) is 3.56. The molecule has 0 aromatic heterocycles. The zero-order valence-corrected chi connectivity index (χ0v) is 9.25. The van der Waals surface area contributed by atoms with Crippen molar-refractivity contribution in [3.8, 4) is 0 Å². The van der Waals surface area contributed by atoms with Gasteiger partial charge in [-0.1, -0.05) is 0 Å². The lowest BCUT2D eigenvalue weighted by molar-refractivity contribution is 0.0870. The van der Waals surface area contributed by atoms with Crippen LogP contribution in [-0.4, -0.2) is 23.2 Å². The number of nitrogens with one attached hydrogen (secondary N) is 1. The molecule has 0 unspecified atom stereocenters. The fourth-order valence-corrected chi connectivity index (χ4v) is 1.15. The summed E-state index contributed by atoms with van der Waals surface area (Å²) in [5.41, 5.74) is 5.05. The number of hydrogen-bond acceptors (Lipinski definition) is 3. The number of nitrogen functional groups attached to an aromatic ring is 1. The Kier molecular flexibility index (Phi) is 3.49. The molecule has 0 bridgehead atoms. The zero-order valence-electron chi connectivity index (χ0n) is 9.25. The lowest BCUT2D eigenvalue weighted by Gasteiger charge is -2.23. The number of amides is 1. The predicted octanol–water partition coefficient (Wildman–Crippen LogP) is 0.909. The van der Waals surface area contributed by atoms with E-state index < -0.39 is 17.3 Å². The Labute approximate surface area is 93.3 Å². The first kappa shape index (κ1) is 12.4. The molecule has 4 nitrogen and oxygen atoms in total. The molecule has 0 fully saturated rings. The highest BCUT2D eigenvalue weighted by Crippen LogP contribution is 2.14. The van der Waals surface area contributed by atoms with Crippen LogP contribution in [0.4, 0.5) is 10.1 Å². The van der Waals surface area contributed by atoms with E-state index in [1.54, 1.807) is 13.8 Å². The largest absolute Gasteiger partial charge is 0.398 e. The number of rotatable bonds is 3. The van der Waals surface area contributed by atoms with Crippen molar-refractivity contribution < 1.29 is 14.3 Å². The molecular formula is C11H15FN2O2. The van der Waals surface area contributed by atoms with Gasteiger partial charge in [-0.15, -0.1) is 0 Å². The van der Waals surface area contributed by atoms with Gasteiger partial charge >= 0.3 is 0 Å². The Morgan fingerprint density at radius 1 is 1.56 bits per heavy atom. The highest BCUT2D eigenvalue weighted by molar-refractivity contribution is 5.99. The second kappa shape index (κ2) is 4.49. The molecule has 0 heterocycles. The summed E-state index contributed by atoms with van der Waals surface area (Å²) in [6.45, 7) is 3.15. The van der Waals surface area contributed by atoms with Crippen molar-refractivity contribution in [2.24, 2.45) is 0 Å². The van der Waals surface area contributed by atoms with E-state index in [0.29, 0.717) is 0 Å². The van der Waals surface area contributed by atoms with Gasteiger partial charge in [0.25, 0.3) is 5.91 Å². The number of halogens is 1. The van der Waals surface area contributed by atoms with Crippen molar-refractivity contribution in [1.29, 1.82) is 0 Å². The van der Waals surface area contributed by atoms with Crippen molar-refractivity contribution in [3.05, 3.63) is 29.6 Å². The summed E-state index contributed by atoms with van der Waals surface area (Å²) in [5, 5.41) is 11.6. The van der Waals surface area contributed by atoms with Crippen LogP contribution in [-0.2, 0) is 0 Å². The van der Waals surface area contributed by atoms with E-state index in [0.717, 1.165) is 12.1 Å². The lowest BCUT2D eigenvalue weighted by atomic mass is 10.1. The Morgan fingerprint density at radius 3 is 2.69 bits per heavy atom. The second-order valence-corrected chi connectivity index (χ2v) is 4.23. The van der Waals surface area contributed by atoms with Crippen molar-refractivity contribution in [3.63, 3.8) is 0 Å². The average molecular weight is 226 g/mol. The Hall–Kier alpha value is -1.62. The highest BCUT2D eigenvalue weighted by atomic mass is 19.1. The molecule has 1 rings (SSSR count). The second-order valence-electron chi connectivity index (χ2n) is 4.23. The van der Waals surface area contributed by atoms with Crippen molar-refractivity contribution in [1.82, 2.24) is 5.32 Å². The number of hydrogen-bond donors (Lipinski definition) is 3. The standard InChI is InChI=1S/C11H15FN2O2/c1-11(2,6-15)14-10(16)8-4-3-7(12)5-9(8)13/h3-5,15H,6,13H2,1-2H3,(H,14,16). The summed E-state index contributed by atoms with van der Waals surface area (Å²) in [7, 11) is 0. The number of carbonyl (C=O) groups is 1. The predicted molar refractivity (Wildman–Crippen MR) is 59.4 cm³/mol. The molecule has 0 aliphatic carbocycles. The van der Waals surface area contributed by atoms with Gasteiger partial charge in [-0.05, 0) is 32.0 Å². The SMILES string of the molecule is CC(C)(CO)NC(=O)c1ccc(F)cc1N. The molecule has 1 amide bonds. The quantitative estimate of drug-likeness (QED) is 0.670. The summed E-state index contributed by atoms with van der Waals surface area (Å²) < 4.78 is 12.8. The van der Waals surface area contributed by atoms with E-state index in [-0.39, 0.29) is 17.9 Å². The third kappa shape index (κ3) is 2.93. The van der Waals surface area contributed by atoms with Gasteiger partial charge in [-0.3, -0.25) is 4.79 Å². The van der Waals surface area contributed by atoms with Crippen LogP contribution in [0.15, 0.2) is 18.2 Å². The zero-order chi connectivity index (χ0) is 12.3. The smallest absolute Gasteiger partial charge is 0.253 e. The van der Waals surface area contributed by atoms with Crippen molar-refractivity contribution in [2.75, 3.05) is 12.3 Å². The summed E-state index contributed by atoms with van der Waals surface area (Å²) in [4.78, 5) is 11.7. The molecular weight excluding hydrogens is 211 g/mol. The van der Waals surface area contributed by atoms with Gasteiger partial charge in [-0.25, -0.2) is 4.39 Å². The monoisotopic (exact) mass is 226 g/mol. The van der Waals surface area contributed by atoms with Crippen LogP contribution in [0.1, 0.15) is 24.2 Å². The van der Waals surface area contributed by atoms with Crippen LogP contribution < -0.4 is 11.1 Å². The first-order valence-electron chi connectivity index (χ1n) is 4.84. The topological polar surface area (TPSA) is 75.3 Å². The average Bonchev–Trinajstić information content (AvgIpc) is 2.16. The first-order chi connectivity index (χ1) is 7.35. The molecule has 0 spiro atoms. The van der Waals surface area contributed by atoms with Gasteiger partial charge in [-0.2, -0.15) is 0 Å². The number of anilines is 1. The van der Waals surface area contributed by atoms with E-state index in [1.165, 1.54) is 6.07 Å². The summed E-state index contributed by atoms with van der Waals surface area (Å²) in [5.74, 6) is -0.924. The van der Waals surface area contributed by atoms with E-state index in [4.69, 9.17) is 10.8 Å². The van der Waals surface area contributed by atoms with Gasteiger partial charge < -0.3 is 16.2 Å². The minimum absolute atomic E-state index is 0.0752. The van der Waals surface area contributed by atoms with Crippen LogP contribution in [0.2, 0.25) is 0 Å². The van der Waals surface area contributed by atoms with Gasteiger partial charge in [0.05, 0.1) is 17.7 Å². The van der Waals surface area contributed by atoms with E-state index in [2.05, 4.69) is 5.32 Å². The Balaban J connectivity index is 2.89. The maximum absolute atomic E-state index is 12.8. The molecule has 1 aromatic rings. The van der Waals surface area contributed by atoms with Gasteiger partial charge in [0.15, 0.2) is 0 Å². The molecule has 0 aliphatic rings. The number of aliphatic hydroxyl groups is 1.